The standard InChI is InChI=1S/C12H17N5O2S/c1-4-5-13-9-6-11(15-10(14-9)7-18-3)20-12-17-16-8(2)19-12/h6H,4-5,7H2,1-3H3,(H,13,14,15). The summed E-state index contributed by atoms with van der Waals surface area (Å²) < 4.78 is 10.4. The summed E-state index contributed by atoms with van der Waals surface area (Å²) in [6, 6.07) is 1.86. The number of nitrogens with one attached hydrogen (secondary N) is 1. The van der Waals surface area contributed by atoms with Crippen molar-refractivity contribution in [3.05, 3.63) is 17.8 Å². The van der Waals surface area contributed by atoms with Crippen LogP contribution in [0.15, 0.2) is 20.7 Å². The third kappa shape index (κ3) is 4.17. The first-order chi connectivity index (χ1) is 9.71. The van der Waals surface area contributed by atoms with Crippen molar-refractivity contribution >= 4 is 17.6 Å². The first-order valence-corrected chi connectivity index (χ1v) is 7.11. The SMILES string of the molecule is CCCNc1cc(Sc2nnc(C)o2)nc(COC)n1. The van der Waals surface area contributed by atoms with Gasteiger partial charge in [0.15, 0.2) is 5.82 Å². The van der Waals surface area contributed by atoms with E-state index in [2.05, 4.69) is 32.4 Å². The third-order valence-electron chi connectivity index (χ3n) is 2.28. The lowest BCUT2D eigenvalue weighted by atomic mass is 10.4. The predicted octanol–water partition coefficient (Wildman–Crippen LogP) is 2.29. The maximum absolute atomic E-state index is 5.34. The van der Waals surface area contributed by atoms with E-state index in [0.717, 1.165) is 23.8 Å². The van der Waals surface area contributed by atoms with Gasteiger partial charge in [0.2, 0.25) is 5.89 Å². The second kappa shape index (κ2) is 7.20. The summed E-state index contributed by atoms with van der Waals surface area (Å²) in [7, 11) is 1.61. The molecule has 7 nitrogen and oxygen atoms in total. The van der Waals surface area contributed by atoms with E-state index in [0.29, 0.717) is 23.5 Å². The lowest BCUT2D eigenvalue weighted by Crippen LogP contribution is -2.06. The average molecular weight is 295 g/mol. The van der Waals surface area contributed by atoms with Gasteiger partial charge in [0, 0.05) is 26.6 Å². The van der Waals surface area contributed by atoms with Gasteiger partial charge in [-0.2, -0.15) is 0 Å². The molecule has 108 valence electrons. The van der Waals surface area contributed by atoms with Crippen LogP contribution in [0.1, 0.15) is 25.1 Å². The first-order valence-electron chi connectivity index (χ1n) is 6.30. The van der Waals surface area contributed by atoms with Crippen LogP contribution in [0.3, 0.4) is 0 Å². The summed E-state index contributed by atoms with van der Waals surface area (Å²) in [5, 5.41) is 12.2. The van der Waals surface area contributed by atoms with E-state index < -0.39 is 0 Å². The van der Waals surface area contributed by atoms with E-state index in [1.807, 2.05) is 6.07 Å². The number of nitrogens with zero attached hydrogens (tertiary/aromatic N) is 4. The number of aromatic nitrogens is 4. The van der Waals surface area contributed by atoms with Crippen molar-refractivity contribution in [2.75, 3.05) is 19.0 Å². The predicted molar refractivity (Wildman–Crippen MR) is 74.7 cm³/mol. The van der Waals surface area contributed by atoms with Gasteiger partial charge >= 0.3 is 0 Å². The fourth-order valence-corrected chi connectivity index (χ4v) is 2.22. The van der Waals surface area contributed by atoms with Crippen molar-refractivity contribution in [3.8, 4) is 0 Å². The van der Waals surface area contributed by atoms with E-state index in [1.54, 1.807) is 14.0 Å². The van der Waals surface area contributed by atoms with E-state index in [1.165, 1.54) is 11.8 Å². The molecule has 0 radical (unpaired) electrons. The van der Waals surface area contributed by atoms with Crippen molar-refractivity contribution in [2.24, 2.45) is 0 Å². The number of hydrogen-bond acceptors (Lipinski definition) is 8. The molecule has 0 aliphatic rings. The number of rotatable bonds is 7. The van der Waals surface area contributed by atoms with E-state index in [9.17, 15) is 0 Å². The Morgan fingerprint density at radius 3 is 2.85 bits per heavy atom. The van der Waals surface area contributed by atoms with Crippen LogP contribution in [0.4, 0.5) is 5.82 Å². The average Bonchev–Trinajstić information content (AvgIpc) is 2.82. The molecule has 8 heteroatoms. The Balaban J connectivity index is 2.18. The zero-order valence-corrected chi connectivity index (χ0v) is 12.5. The fourth-order valence-electron chi connectivity index (χ4n) is 1.47. The van der Waals surface area contributed by atoms with Crippen molar-refractivity contribution in [2.45, 2.75) is 37.1 Å². The number of ether oxygens (including phenoxy) is 1. The van der Waals surface area contributed by atoms with E-state index in [-0.39, 0.29) is 0 Å². The molecule has 0 amide bonds. The molecule has 2 heterocycles. The number of hydrogen-bond donors (Lipinski definition) is 1. The van der Waals surface area contributed by atoms with Crippen LogP contribution in [0.2, 0.25) is 0 Å². The van der Waals surface area contributed by atoms with Gasteiger partial charge in [0.25, 0.3) is 5.22 Å². The zero-order chi connectivity index (χ0) is 14.4. The molecule has 0 saturated carbocycles. The lowest BCUT2D eigenvalue weighted by Gasteiger charge is -2.07. The molecule has 0 aliphatic carbocycles. The first kappa shape index (κ1) is 14.7. The summed E-state index contributed by atoms with van der Waals surface area (Å²) in [6.07, 6.45) is 1.02. The van der Waals surface area contributed by atoms with Crippen LogP contribution < -0.4 is 5.32 Å². The Bertz CT molecular complexity index is 561. The van der Waals surface area contributed by atoms with E-state index >= 15 is 0 Å². The molecular formula is C12H17N5O2S. The van der Waals surface area contributed by atoms with Gasteiger partial charge < -0.3 is 14.5 Å². The highest BCUT2D eigenvalue weighted by Crippen LogP contribution is 2.26. The highest BCUT2D eigenvalue weighted by molar-refractivity contribution is 7.99. The van der Waals surface area contributed by atoms with Crippen LogP contribution in [-0.4, -0.2) is 33.8 Å². The second-order valence-electron chi connectivity index (χ2n) is 4.06. The molecule has 1 N–H and O–H groups in total. The van der Waals surface area contributed by atoms with Crippen LogP contribution in [0, 0.1) is 6.92 Å². The van der Waals surface area contributed by atoms with Gasteiger partial charge in [-0.15, -0.1) is 10.2 Å². The largest absolute Gasteiger partial charge is 0.416 e. The van der Waals surface area contributed by atoms with Crippen molar-refractivity contribution < 1.29 is 9.15 Å². The quantitative estimate of drug-likeness (QED) is 0.779. The molecule has 0 saturated heterocycles. The molecular weight excluding hydrogens is 278 g/mol. The molecule has 2 aromatic rings. The van der Waals surface area contributed by atoms with Gasteiger partial charge in [0.05, 0.1) is 0 Å². The minimum atomic E-state index is 0.359. The molecule has 0 fully saturated rings. The second-order valence-corrected chi connectivity index (χ2v) is 5.03. The van der Waals surface area contributed by atoms with Crippen LogP contribution in [0.25, 0.3) is 0 Å². The summed E-state index contributed by atoms with van der Waals surface area (Å²) in [4.78, 5) is 8.78. The minimum absolute atomic E-state index is 0.359. The molecule has 0 unspecified atom stereocenters. The van der Waals surface area contributed by atoms with Gasteiger partial charge in [-0.3, -0.25) is 0 Å². The number of anilines is 1. The normalized spacial score (nSPS) is 10.8. The maximum Gasteiger partial charge on any atom is 0.282 e. The fraction of sp³-hybridized carbons (Fsp3) is 0.500. The third-order valence-corrected chi connectivity index (χ3v) is 3.04. The van der Waals surface area contributed by atoms with Gasteiger partial charge in [-0.05, 0) is 18.2 Å². The molecule has 20 heavy (non-hydrogen) atoms. The Morgan fingerprint density at radius 2 is 2.20 bits per heavy atom. The van der Waals surface area contributed by atoms with Gasteiger partial charge in [0.1, 0.15) is 17.5 Å². The summed E-state index contributed by atoms with van der Waals surface area (Å²) in [5.74, 6) is 1.92. The van der Waals surface area contributed by atoms with Crippen LogP contribution in [0.5, 0.6) is 0 Å². The highest BCUT2D eigenvalue weighted by atomic mass is 32.2. The molecule has 0 aliphatic heterocycles. The lowest BCUT2D eigenvalue weighted by molar-refractivity contribution is 0.177. The molecule has 0 bridgehead atoms. The maximum atomic E-state index is 5.34. The Morgan fingerprint density at radius 1 is 1.35 bits per heavy atom. The molecule has 0 aromatic carbocycles. The van der Waals surface area contributed by atoms with Gasteiger partial charge in [-0.1, -0.05) is 6.92 Å². The van der Waals surface area contributed by atoms with Crippen molar-refractivity contribution in [1.29, 1.82) is 0 Å². The van der Waals surface area contributed by atoms with E-state index in [4.69, 9.17) is 9.15 Å². The molecule has 2 aromatic heterocycles. The Labute approximate surface area is 121 Å². The van der Waals surface area contributed by atoms with Crippen LogP contribution in [-0.2, 0) is 11.3 Å². The molecule has 0 atom stereocenters. The molecule has 2 rings (SSSR count). The van der Waals surface area contributed by atoms with Crippen LogP contribution >= 0.6 is 11.8 Å². The number of methoxy groups -OCH3 is 1. The smallest absolute Gasteiger partial charge is 0.282 e. The Hall–Kier alpha value is -1.67. The highest BCUT2D eigenvalue weighted by Gasteiger charge is 2.10. The summed E-state index contributed by atoms with van der Waals surface area (Å²) >= 11 is 1.31. The topological polar surface area (TPSA) is 86.0 Å². The molecule has 0 spiro atoms. The minimum Gasteiger partial charge on any atom is -0.416 e. The van der Waals surface area contributed by atoms with Gasteiger partial charge in [-0.25, -0.2) is 9.97 Å². The van der Waals surface area contributed by atoms with Crippen molar-refractivity contribution in [1.82, 2.24) is 20.2 Å². The summed E-state index contributed by atoms with van der Waals surface area (Å²) in [6.45, 7) is 5.06. The van der Waals surface area contributed by atoms with Crippen molar-refractivity contribution in [3.63, 3.8) is 0 Å². The summed E-state index contributed by atoms with van der Waals surface area (Å²) in [5.41, 5.74) is 0. The zero-order valence-electron chi connectivity index (χ0n) is 11.7. The Kier molecular flexibility index (Phi) is 5.31. The monoisotopic (exact) mass is 295 g/mol. The number of aryl methyl sites for hydroxylation is 1.